The molecule has 1 saturated heterocycles. The minimum absolute atomic E-state index is 0.107. The molecule has 25 heavy (non-hydrogen) atoms. The topological polar surface area (TPSA) is 77.3 Å². The third-order valence-electron chi connectivity index (χ3n) is 5.03. The maximum atomic E-state index is 13.1. The lowest BCUT2D eigenvalue weighted by molar-refractivity contribution is -0.152. The van der Waals surface area contributed by atoms with E-state index in [1.807, 2.05) is 12.1 Å². The highest BCUT2D eigenvalue weighted by Crippen LogP contribution is 2.31. The van der Waals surface area contributed by atoms with Crippen molar-refractivity contribution in [3.8, 4) is 0 Å². The molecular formula is C18H20N4O3. The standard InChI is InChI=1S/C18H20N4O3/c1-18(9-13-5-2-3-7-15(13)16(23)25-18)17(24)21-8-4-6-14(10-21)22-12-19-11-20-22/h2-3,5,7,11-12,14H,4,6,8-10H2,1H3/t14-,18+/m1/s1. The number of ether oxygens (including phenoxy) is 1. The third kappa shape index (κ3) is 2.79. The number of amides is 1. The van der Waals surface area contributed by atoms with Crippen LogP contribution in [0, 0.1) is 0 Å². The van der Waals surface area contributed by atoms with Crippen molar-refractivity contribution in [1.82, 2.24) is 19.7 Å². The van der Waals surface area contributed by atoms with Crippen LogP contribution in [0.15, 0.2) is 36.9 Å². The molecule has 0 aliphatic carbocycles. The summed E-state index contributed by atoms with van der Waals surface area (Å²) in [6, 6.07) is 7.41. The molecule has 2 aliphatic heterocycles. The van der Waals surface area contributed by atoms with E-state index < -0.39 is 11.6 Å². The molecule has 0 spiro atoms. The van der Waals surface area contributed by atoms with Crippen molar-refractivity contribution in [2.24, 2.45) is 0 Å². The second-order valence-electron chi connectivity index (χ2n) is 6.88. The van der Waals surface area contributed by atoms with Crippen molar-refractivity contribution in [2.45, 2.75) is 37.8 Å². The van der Waals surface area contributed by atoms with Gasteiger partial charge in [0.05, 0.1) is 11.6 Å². The van der Waals surface area contributed by atoms with Gasteiger partial charge in [-0.15, -0.1) is 0 Å². The van der Waals surface area contributed by atoms with Gasteiger partial charge in [0.25, 0.3) is 5.91 Å². The molecular weight excluding hydrogens is 320 g/mol. The summed E-state index contributed by atoms with van der Waals surface area (Å²) in [4.78, 5) is 31.2. The molecule has 0 N–H and O–H groups in total. The number of esters is 1. The van der Waals surface area contributed by atoms with Crippen LogP contribution in [0.25, 0.3) is 0 Å². The van der Waals surface area contributed by atoms with Crippen LogP contribution < -0.4 is 0 Å². The zero-order valence-electron chi connectivity index (χ0n) is 14.1. The molecule has 0 saturated carbocycles. The van der Waals surface area contributed by atoms with Crippen molar-refractivity contribution in [3.63, 3.8) is 0 Å². The first-order chi connectivity index (χ1) is 12.1. The van der Waals surface area contributed by atoms with E-state index in [1.165, 1.54) is 6.33 Å². The Hall–Kier alpha value is -2.70. The van der Waals surface area contributed by atoms with Gasteiger partial charge in [0.15, 0.2) is 5.60 Å². The Labute approximate surface area is 145 Å². The van der Waals surface area contributed by atoms with Gasteiger partial charge >= 0.3 is 5.97 Å². The van der Waals surface area contributed by atoms with E-state index >= 15 is 0 Å². The maximum Gasteiger partial charge on any atom is 0.339 e. The van der Waals surface area contributed by atoms with E-state index in [0.717, 1.165) is 18.4 Å². The second-order valence-corrected chi connectivity index (χ2v) is 6.88. The fourth-order valence-electron chi connectivity index (χ4n) is 3.75. The SMILES string of the molecule is C[C@@]1(C(=O)N2CCC[C@@H](n3cncn3)C2)Cc2ccccc2C(=O)O1. The lowest BCUT2D eigenvalue weighted by Gasteiger charge is -2.40. The number of nitrogens with zero attached hydrogens (tertiary/aromatic N) is 4. The van der Waals surface area contributed by atoms with E-state index in [1.54, 1.807) is 35.0 Å². The molecule has 1 aromatic heterocycles. The summed E-state index contributed by atoms with van der Waals surface area (Å²) in [5, 5.41) is 4.19. The highest BCUT2D eigenvalue weighted by molar-refractivity contribution is 5.97. The number of cyclic esters (lactones) is 1. The predicted molar refractivity (Wildman–Crippen MR) is 88.8 cm³/mol. The van der Waals surface area contributed by atoms with E-state index in [2.05, 4.69) is 10.1 Å². The van der Waals surface area contributed by atoms with Crippen molar-refractivity contribution in [1.29, 1.82) is 0 Å². The number of likely N-dealkylation sites (tertiary alicyclic amines) is 1. The quantitative estimate of drug-likeness (QED) is 0.776. The third-order valence-corrected chi connectivity index (χ3v) is 5.03. The second kappa shape index (κ2) is 5.98. The largest absolute Gasteiger partial charge is 0.445 e. The molecule has 2 aromatic rings. The van der Waals surface area contributed by atoms with E-state index in [9.17, 15) is 9.59 Å². The molecule has 1 fully saturated rings. The number of hydrogen-bond donors (Lipinski definition) is 0. The van der Waals surface area contributed by atoms with E-state index in [0.29, 0.717) is 25.1 Å². The Morgan fingerprint density at radius 3 is 3.00 bits per heavy atom. The average Bonchev–Trinajstić information content (AvgIpc) is 3.16. The zero-order valence-corrected chi connectivity index (χ0v) is 14.1. The van der Waals surface area contributed by atoms with Crippen molar-refractivity contribution < 1.29 is 14.3 Å². The molecule has 0 radical (unpaired) electrons. The molecule has 3 heterocycles. The Morgan fingerprint density at radius 1 is 1.36 bits per heavy atom. The Morgan fingerprint density at radius 2 is 2.20 bits per heavy atom. The summed E-state index contributed by atoms with van der Waals surface area (Å²) in [5.74, 6) is -0.567. The van der Waals surface area contributed by atoms with Crippen LogP contribution in [0.4, 0.5) is 0 Å². The number of hydrogen-bond acceptors (Lipinski definition) is 5. The van der Waals surface area contributed by atoms with Crippen LogP contribution in [0.2, 0.25) is 0 Å². The number of benzene rings is 1. The molecule has 130 valence electrons. The van der Waals surface area contributed by atoms with Gasteiger partial charge in [-0.25, -0.2) is 14.5 Å². The number of fused-ring (bicyclic) bond motifs is 1. The molecule has 2 atom stereocenters. The molecule has 4 rings (SSSR count). The van der Waals surface area contributed by atoms with Gasteiger partial charge < -0.3 is 9.64 Å². The predicted octanol–water partition coefficient (Wildman–Crippen LogP) is 1.61. The number of rotatable bonds is 2. The number of aromatic nitrogens is 3. The van der Waals surface area contributed by atoms with Gasteiger partial charge in [-0.2, -0.15) is 5.10 Å². The first-order valence-corrected chi connectivity index (χ1v) is 8.51. The van der Waals surface area contributed by atoms with Crippen molar-refractivity contribution in [3.05, 3.63) is 48.0 Å². The van der Waals surface area contributed by atoms with E-state index in [-0.39, 0.29) is 11.9 Å². The summed E-state index contributed by atoms with van der Waals surface area (Å²) in [5.41, 5.74) is 0.252. The number of carbonyl (C=O) groups is 2. The van der Waals surface area contributed by atoms with Crippen molar-refractivity contribution in [2.75, 3.05) is 13.1 Å². The Kier molecular flexibility index (Phi) is 3.78. The van der Waals surface area contributed by atoms with Gasteiger partial charge in [-0.1, -0.05) is 18.2 Å². The number of carbonyl (C=O) groups excluding carboxylic acids is 2. The van der Waals surface area contributed by atoms with Crippen LogP contribution >= 0.6 is 0 Å². The molecule has 2 aliphatic rings. The Bertz CT molecular complexity index is 804. The van der Waals surface area contributed by atoms with Crippen LogP contribution in [0.1, 0.15) is 41.7 Å². The number of piperidine rings is 1. The normalized spacial score (nSPS) is 26.0. The first-order valence-electron chi connectivity index (χ1n) is 8.51. The van der Waals surface area contributed by atoms with Gasteiger partial charge in [-0.3, -0.25) is 4.79 Å². The maximum absolute atomic E-state index is 13.1. The lowest BCUT2D eigenvalue weighted by atomic mass is 9.88. The van der Waals surface area contributed by atoms with E-state index in [4.69, 9.17) is 4.74 Å². The molecule has 1 aromatic carbocycles. The highest BCUT2D eigenvalue weighted by Gasteiger charge is 2.45. The molecule has 7 heteroatoms. The zero-order chi connectivity index (χ0) is 17.4. The van der Waals surface area contributed by atoms with Gasteiger partial charge in [0.2, 0.25) is 0 Å². The molecule has 1 amide bonds. The summed E-state index contributed by atoms with van der Waals surface area (Å²) < 4.78 is 7.37. The van der Waals surface area contributed by atoms with Gasteiger partial charge in [0.1, 0.15) is 12.7 Å². The van der Waals surface area contributed by atoms with Crippen LogP contribution in [-0.4, -0.2) is 50.2 Å². The summed E-state index contributed by atoms with van der Waals surface area (Å²) in [6.07, 6.45) is 5.42. The van der Waals surface area contributed by atoms with Gasteiger partial charge in [0, 0.05) is 19.5 Å². The molecule has 0 bridgehead atoms. The van der Waals surface area contributed by atoms with Gasteiger partial charge in [-0.05, 0) is 31.4 Å². The minimum Gasteiger partial charge on any atom is -0.445 e. The summed E-state index contributed by atoms with van der Waals surface area (Å²) in [7, 11) is 0. The fourth-order valence-corrected chi connectivity index (χ4v) is 3.75. The minimum atomic E-state index is -1.16. The van der Waals surface area contributed by atoms with Crippen LogP contribution in [-0.2, 0) is 16.0 Å². The van der Waals surface area contributed by atoms with Crippen LogP contribution in [0.5, 0.6) is 0 Å². The van der Waals surface area contributed by atoms with Crippen molar-refractivity contribution >= 4 is 11.9 Å². The summed E-state index contributed by atoms with van der Waals surface area (Å²) >= 11 is 0. The summed E-state index contributed by atoms with van der Waals surface area (Å²) in [6.45, 7) is 2.93. The lowest BCUT2D eigenvalue weighted by Crippen LogP contribution is -2.55. The molecule has 7 nitrogen and oxygen atoms in total. The average molecular weight is 340 g/mol. The Balaban J connectivity index is 1.55. The fraction of sp³-hybridized carbons (Fsp3) is 0.444. The monoisotopic (exact) mass is 340 g/mol. The highest BCUT2D eigenvalue weighted by atomic mass is 16.6. The smallest absolute Gasteiger partial charge is 0.339 e. The van der Waals surface area contributed by atoms with Crippen LogP contribution in [0.3, 0.4) is 0 Å². The first kappa shape index (κ1) is 15.8. The molecule has 0 unspecified atom stereocenters.